The zero-order valence-corrected chi connectivity index (χ0v) is 14.8. The summed E-state index contributed by atoms with van der Waals surface area (Å²) in [4.78, 5) is 12.7. The Hall–Kier alpha value is -3.05. The maximum Gasteiger partial charge on any atom is 0.241 e. The van der Waals surface area contributed by atoms with Crippen LogP contribution in [0.25, 0.3) is 0 Å². The maximum absolute atomic E-state index is 12.7. The summed E-state index contributed by atoms with van der Waals surface area (Å²) < 4.78 is 10.9. The molecule has 0 spiro atoms. The summed E-state index contributed by atoms with van der Waals surface area (Å²) in [7, 11) is 1.58. The molecule has 0 aliphatic carbocycles. The fourth-order valence-corrected chi connectivity index (χ4v) is 2.76. The molecule has 0 unspecified atom stereocenters. The van der Waals surface area contributed by atoms with Gasteiger partial charge in [-0.1, -0.05) is 42.5 Å². The molecule has 2 N–H and O–H groups in total. The number of furan rings is 1. The van der Waals surface area contributed by atoms with Crippen LogP contribution in [0.1, 0.15) is 24.3 Å². The van der Waals surface area contributed by atoms with Crippen molar-refractivity contribution in [2.24, 2.45) is 0 Å². The van der Waals surface area contributed by atoms with E-state index in [1.807, 2.05) is 73.7 Å². The summed E-state index contributed by atoms with van der Waals surface area (Å²) in [6.07, 6.45) is 1.63. The minimum absolute atomic E-state index is 0.151. The summed E-state index contributed by atoms with van der Waals surface area (Å²) in [6, 6.07) is 20.3. The lowest BCUT2D eigenvalue weighted by Gasteiger charge is -2.22. The van der Waals surface area contributed by atoms with Crippen molar-refractivity contribution in [3.63, 3.8) is 0 Å². The molecule has 0 fully saturated rings. The monoisotopic (exact) mass is 350 g/mol. The zero-order chi connectivity index (χ0) is 18.4. The number of benzene rings is 2. The quantitative estimate of drug-likeness (QED) is 0.676. The molecular formula is C21H22N2O3. The van der Waals surface area contributed by atoms with Crippen LogP contribution in [0.2, 0.25) is 0 Å². The molecule has 1 aromatic heterocycles. The van der Waals surface area contributed by atoms with Gasteiger partial charge in [-0.15, -0.1) is 0 Å². The molecule has 5 heteroatoms. The Morgan fingerprint density at radius 1 is 1.00 bits per heavy atom. The SMILES string of the molecule is COc1ccccc1NC(=O)[C@H](C)N[C@@H](c1ccccc1)c1ccco1. The standard InChI is InChI=1S/C21H22N2O3/c1-15(21(24)23-17-11-6-7-12-18(17)25-2)22-20(19-13-8-14-26-19)16-9-4-3-5-10-16/h3-15,20,22H,1-2H3,(H,23,24)/t15-,20-/m0/s1. The van der Waals surface area contributed by atoms with E-state index in [0.29, 0.717) is 11.4 Å². The van der Waals surface area contributed by atoms with Gasteiger partial charge in [0, 0.05) is 0 Å². The fraction of sp³-hybridized carbons (Fsp3) is 0.190. The summed E-state index contributed by atoms with van der Waals surface area (Å²) >= 11 is 0. The average Bonchev–Trinajstić information content (AvgIpc) is 3.21. The van der Waals surface area contributed by atoms with Crippen LogP contribution in [0.5, 0.6) is 5.75 Å². The number of para-hydroxylation sites is 2. The topological polar surface area (TPSA) is 63.5 Å². The molecule has 0 saturated heterocycles. The number of amides is 1. The molecule has 26 heavy (non-hydrogen) atoms. The summed E-state index contributed by atoms with van der Waals surface area (Å²) in [5.41, 5.74) is 1.67. The highest BCUT2D eigenvalue weighted by Gasteiger charge is 2.23. The predicted octanol–water partition coefficient (Wildman–Crippen LogP) is 3.99. The summed E-state index contributed by atoms with van der Waals surface area (Å²) in [6.45, 7) is 1.82. The third-order valence-electron chi connectivity index (χ3n) is 4.14. The van der Waals surface area contributed by atoms with E-state index in [1.165, 1.54) is 0 Å². The Morgan fingerprint density at radius 3 is 2.42 bits per heavy atom. The van der Waals surface area contributed by atoms with Crippen molar-refractivity contribution in [3.05, 3.63) is 84.3 Å². The highest BCUT2D eigenvalue weighted by atomic mass is 16.5. The summed E-state index contributed by atoms with van der Waals surface area (Å²) in [5.74, 6) is 1.23. The molecule has 5 nitrogen and oxygen atoms in total. The lowest BCUT2D eigenvalue weighted by molar-refractivity contribution is -0.117. The third kappa shape index (κ3) is 4.13. The third-order valence-corrected chi connectivity index (χ3v) is 4.14. The number of carbonyl (C=O) groups is 1. The summed E-state index contributed by atoms with van der Waals surface area (Å²) in [5, 5.41) is 6.25. The van der Waals surface area contributed by atoms with E-state index < -0.39 is 6.04 Å². The van der Waals surface area contributed by atoms with E-state index in [0.717, 1.165) is 11.3 Å². The van der Waals surface area contributed by atoms with Crippen molar-refractivity contribution >= 4 is 11.6 Å². The largest absolute Gasteiger partial charge is 0.495 e. The molecular weight excluding hydrogens is 328 g/mol. The van der Waals surface area contributed by atoms with Gasteiger partial charge >= 0.3 is 0 Å². The van der Waals surface area contributed by atoms with E-state index >= 15 is 0 Å². The number of hydrogen-bond donors (Lipinski definition) is 2. The van der Waals surface area contributed by atoms with Gasteiger partial charge < -0.3 is 14.5 Å². The first-order valence-electron chi connectivity index (χ1n) is 8.47. The molecule has 0 saturated carbocycles. The van der Waals surface area contributed by atoms with Crippen molar-refractivity contribution in [1.82, 2.24) is 5.32 Å². The molecule has 3 aromatic rings. The normalized spacial score (nSPS) is 13.0. The predicted molar refractivity (Wildman–Crippen MR) is 101 cm³/mol. The average molecular weight is 350 g/mol. The van der Waals surface area contributed by atoms with Crippen molar-refractivity contribution in [1.29, 1.82) is 0 Å². The van der Waals surface area contributed by atoms with Gasteiger partial charge in [-0.3, -0.25) is 10.1 Å². The van der Waals surface area contributed by atoms with Crippen molar-refractivity contribution in [2.45, 2.75) is 19.0 Å². The molecule has 134 valence electrons. The Balaban J connectivity index is 1.75. The van der Waals surface area contributed by atoms with Gasteiger partial charge in [0.15, 0.2) is 0 Å². The van der Waals surface area contributed by atoms with Crippen molar-refractivity contribution in [3.8, 4) is 5.75 Å². The van der Waals surface area contributed by atoms with Crippen LogP contribution >= 0.6 is 0 Å². The van der Waals surface area contributed by atoms with Gasteiger partial charge in [0.2, 0.25) is 5.91 Å². The lowest BCUT2D eigenvalue weighted by Crippen LogP contribution is -2.40. The molecule has 2 aromatic carbocycles. The number of methoxy groups -OCH3 is 1. The molecule has 0 bridgehead atoms. The number of nitrogens with one attached hydrogen (secondary N) is 2. The number of hydrogen-bond acceptors (Lipinski definition) is 4. The molecule has 0 aliphatic heterocycles. The molecule has 1 heterocycles. The molecule has 0 radical (unpaired) electrons. The molecule has 2 atom stereocenters. The van der Waals surface area contributed by atoms with E-state index in [-0.39, 0.29) is 11.9 Å². The van der Waals surface area contributed by atoms with E-state index in [1.54, 1.807) is 13.4 Å². The highest BCUT2D eigenvalue weighted by molar-refractivity contribution is 5.95. The van der Waals surface area contributed by atoms with Gasteiger partial charge in [0.25, 0.3) is 0 Å². The highest BCUT2D eigenvalue weighted by Crippen LogP contribution is 2.25. The van der Waals surface area contributed by atoms with Crippen LogP contribution in [0, 0.1) is 0 Å². The molecule has 0 aliphatic rings. The first-order chi connectivity index (χ1) is 12.7. The van der Waals surface area contributed by atoms with Crippen molar-refractivity contribution < 1.29 is 13.9 Å². The van der Waals surface area contributed by atoms with Crippen LogP contribution in [-0.4, -0.2) is 19.1 Å². The minimum Gasteiger partial charge on any atom is -0.495 e. The second-order valence-corrected chi connectivity index (χ2v) is 5.94. The molecule has 3 rings (SSSR count). The van der Waals surface area contributed by atoms with Crippen molar-refractivity contribution in [2.75, 3.05) is 12.4 Å². The van der Waals surface area contributed by atoms with Gasteiger partial charge in [0.1, 0.15) is 11.5 Å². The first kappa shape index (κ1) is 17.8. The smallest absolute Gasteiger partial charge is 0.241 e. The van der Waals surface area contributed by atoms with Crippen LogP contribution in [-0.2, 0) is 4.79 Å². The lowest BCUT2D eigenvalue weighted by atomic mass is 10.0. The van der Waals surface area contributed by atoms with Gasteiger partial charge in [-0.05, 0) is 36.8 Å². The van der Waals surface area contributed by atoms with Gasteiger partial charge in [-0.2, -0.15) is 0 Å². The van der Waals surface area contributed by atoms with E-state index in [4.69, 9.17) is 9.15 Å². The maximum atomic E-state index is 12.7. The van der Waals surface area contributed by atoms with Gasteiger partial charge in [0.05, 0.1) is 31.1 Å². The van der Waals surface area contributed by atoms with Crippen LogP contribution in [0.4, 0.5) is 5.69 Å². The minimum atomic E-state index is -0.449. The zero-order valence-electron chi connectivity index (χ0n) is 14.8. The second-order valence-electron chi connectivity index (χ2n) is 5.94. The second kappa shape index (κ2) is 8.36. The Labute approximate surface area is 153 Å². The Morgan fingerprint density at radius 2 is 1.73 bits per heavy atom. The number of ether oxygens (including phenoxy) is 1. The fourth-order valence-electron chi connectivity index (χ4n) is 2.76. The van der Waals surface area contributed by atoms with E-state index in [2.05, 4.69) is 10.6 Å². The van der Waals surface area contributed by atoms with E-state index in [9.17, 15) is 4.79 Å². The number of rotatable bonds is 7. The number of anilines is 1. The first-order valence-corrected chi connectivity index (χ1v) is 8.47. The van der Waals surface area contributed by atoms with Crippen LogP contribution < -0.4 is 15.4 Å². The van der Waals surface area contributed by atoms with Gasteiger partial charge in [-0.25, -0.2) is 0 Å². The number of carbonyl (C=O) groups excluding carboxylic acids is 1. The van der Waals surface area contributed by atoms with Crippen LogP contribution in [0.15, 0.2) is 77.4 Å². The van der Waals surface area contributed by atoms with Crippen LogP contribution in [0.3, 0.4) is 0 Å². The Bertz CT molecular complexity index is 831. The Kier molecular flexibility index (Phi) is 5.71. The molecule has 1 amide bonds.